The second-order valence-electron chi connectivity index (χ2n) is 6.71. The number of rotatable bonds is 7. The van der Waals surface area contributed by atoms with E-state index in [1.54, 1.807) is 18.4 Å². The Kier molecular flexibility index (Phi) is 5.63. The van der Waals surface area contributed by atoms with Crippen molar-refractivity contribution >= 4 is 17.4 Å². The number of nitro groups is 1. The SMILES string of the molecule is Cc1cc(C(=O)OCC(=O)c2cc(C)n(Cc3ccco3)c2C)ccc1[N+](=O)[O-]. The molecule has 29 heavy (non-hydrogen) atoms. The number of benzene rings is 1. The molecule has 0 spiro atoms. The highest BCUT2D eigenvalue weighted by Gasteiger charge is 2.19. The molecule has 0 amide bonds. The fourth-order valence-corrected chi connectivity index (χ4v) is 3.16. The van der Waals surface area contributed by atoms with Crippen LogP contribution >= 0.6 is 0 Å². The van der Waals surface area contributed by atoms with Crippen molar-refractivity contribution in [1.82, 2.24) is 4.57 Å². The van der Waals surface area contributed by atoms with Crippen LogP contribution < -0.4 is 0 Å². The molecule has 0 unspecified atom stereocenters. The number of hydrogen-bond donors (Lipinski definition) is 0. The molecule has 0 saturated carbocycles. The van der Waals surface area contributed by atoms with Gasteiger partial charge in [0.05, 0.1) is 23.3 Å². The number of nitro benzene ring substituents is 1. The minimum atomic E-state index is -0.708. The zero-order valence-electron chi connectivity index (χ0n) is 16.3. The van der Waals surface area contributed by atoms with Gasteiger partial charge in [0.25, 0.3) is 5.69 Å². The Hall–Kier alpha value is -3.68. The number of carbonyl (C=O) groups excluding carboxylic acids is 2. The van der Waals surface area contributed by atoms with Gasteiger partial charge in [-0.05, 0) is 51.1 Å². The van der Waals surface area contributed by atoms with Crippen LogP contribution in [0.5, 0.6) is 0 Å². The van der Waals surface area contributed by atoms with Crippen molar-refractivity contribution in [3.05, 3.63) is 86.6 Å². The Morgan fingerprint density at radius 3 is 2.55 bits per heavy atom. The van der Waals surface area contributed by atoms with Gasteiger partial charge in [0, 0.05) is 28.6 Å². The minimum absolute atomic E-state index is 0.0818. The van der Waals surface area contributed by atoms with Gasteiger partial charge in [0.2, 0.25) is 5.78 Å². The van der Waals surface area contributed by atoms with Crippen LogP contribution in [0.3, 0.4) is 0 Å². The number of ether oxygens (including phenoxy) is 1. The van der Waals surface area contributed by atoms with E-state index in [1.165, 1.54) is 25.1 Å². The van der Waals surface area contributed by atoms with Crippen LogP contribution in [0.2, 0.25) is 0 Å². The molecular weight excluding hydrogens is 376 g/mol. The molecule has 3 aromatic rings. The number of hydrogen-bond acceptors (Lipinski definition) is 6. The molecule has 0 bridgehead atoms. The van der Waals surface area contributed by atoms with Crippen LogP contribution in [0.15, 0.2) is 47.1 Å². The van der Waals surface area contributed by atoms with Crippen molar-refractivity contribution in [2.24, 2.45) is 0 Å². The van der Waals surface area contributed by atoms with Crippen molar-refractivity contribution in [3.8, 4) is 0 Å². The Balaban J connectivity index is 1.68. The molecule has 0 aliphatic rings. The predicted molar refractivity (Wildman–Crippen MR) is 104 cm³/mol. The van der Waals surface area contributed by atoms with Crippen molar-refractivity contribution < 1.29 is 23.7 Å². The Morgan fingerprint density at radius 1 is 1.17 bits per heavy atom. The highest BCUT2D eigenvalue weighted by atomic mass is 16.6. The van der Waals surface area contributed by atoms with E-state index in [4.69, 9.17) is 9.15 Å². The molecule has 8 nitrogen and oxygen atoms in total. The Bertz CT molecular complexity index is 1080. The monoisotopic (exact) mass is 396 g/mol. The number of nitrogens with zero attached hydrogens (tertiary/aromatic N) is 2. The van der Waals surface area contributed by atoms with Gasteiger partial charge in [-0.15, -0.1) is 0 Å². The number of furan rings is 1. The first-order valence-electron chi connectivity index (χ1n) is 8.92. The summed E-state index contributed by atoms with van der Waals surface area (Å²) in [6.07, 6.45) is 1.59. The first-order chi connectivity index (χ1) is 13.8. The van der Waals surface area contributed by atoms with E-state index in [-0.39, 0.29) is 17.0 Å². The Labute approximate surface area is 166 Å². The summed E-state index contributed by atoms with van der Waals surface area (Å²) in [6.45, 7) is 5.33. The van der Waals surface area contributed by atoms with Gasteiger partial charge in [0.15, 0.2) is 6.61 Å². The number of carbonyl (C=O) groups is 2. The normalized spacial score (nSPS) is 10.7. The van der Waals surface area contributed by atoms with E-state index in [0.29, 0.717) is 17.7 Å². The van der Waals surface area contributed by atoms with Gasteiger partial charge < -0.3 is 13.7 Å². The molecular formula is C21H20N2O6. The van der Waals surface area contributed by atoms with Crippen molar-refractivity contribution in [1.29, 1.82) is 0 Å². The number of aryl methyl sites for hydroxylation is 2. The molecule has 0 N–H and O–H groups in total. The van der Waals surface area contributed by atoms with E-state index in [1.807, 2.05) is 24.5 Å². The van der Waals surface area contributed by atoms with Gasteiger partial charge in [0.1, 0.15) is 5.76 Å². The second kappa shape index (κ2) is 8.14. The van der Waals surface area contributed by atoms with E-state index in [0.717, 1.165) is 17.1 Å². The Morgan fingerprint density at radius 2 is 1.93 bits per heavy atom. The fraction of sp³-hybridized carbons (Fsp3) is 0.238. The third-order valence-electron chi connectivity index (χ3n) is 4.73. The van der Waals surface area contributed by atoms with Gasteiger partial charge >= 0.3 is 5.97 Å². The highest BCUT2D eigenvalue weighted by molar-refractivity contribution is 6.00. The topological polar surface area (TPSA) is 105 Å². The molecule has 1 aromatic carbocycles. The molecule has 0 aliphatic carbocycles. The molecule has 150 valence electrons. The van der Waals surface area contributed by atoms with Gasteiger partial charge in [-0.3, -0.25) is 14.9 Å². The zero-order valence-corrected chi connectivity index (χ0v) is 16.3. The zero-order chi connectivity index (χ0) is 21.1. The first-order valence-corrected chi connectivity index (χ1v) is 8.92. The molecule has 2 aromatic heterocycles. The molecule has 0 fully saturated rings. The molecule has 0 radical (unpaired) electrons. The minimum Gasteiger partial charge on any atom is -0.467 e. The summed E-state index contributed by atoms with van der Waals surface area (Å²) in [6, 6.07) is 9.34. The molecule has 0 atom stereocenters. The van der Waals surface area contributed by atoms with Crippen LogP contribution in [0, 0.1) is 30.9 Å². The van der Waals surface area contributed by atoms with Crippen LogP contribution in [0.25, 0.3) is 0 Å². The lowest BCUT2D eigenvalue weighted by molar-refractivity contribution is -0.385. The summed E-state index contributed by atoms with van der Waals surface area (Å²) in [5.74, 6) is -0.262. The molecule has 3 rings (SSSR count). The summed E-state index contributed by atoms with van der Waals surface area (Å²) in [5, 5.41) is 10.9. The average molecular weight is 396 g/mol. The summed E-state index contributed by atoms with van der Waals surface area (Å²) in [4.78, 5) is 35.1. The van der Waals surface area contributed by atoms with Gasteiger partial charge in [-0.1, -0.05) is 0 Å². The lowest BCUT2D eigenvalue weighted by atomic mass is 10.1. The van der Waals surface area contributed by atoms with Gasteiger partial charge in [-0.2, -0.15) is 0 Å². The number of Topliss-reactive ketones (excluding diaryl/α,β-unsaturated/α-hetero) is 1. The van der Waals surface area contributed by atoms with Gasteiger partial charge in [-0.25, -0.2) is 4.79 Å². The molecule has 0 aliphatic heterocycles. The maximum absolute atomic E-state index is 12.6. The van der Waals surface area contributed by atoms with Crippen LogP contribution in [0.4, 0.5) is 5.69 Å². The largest absolute Gasteiger partial charge is 0.467 e. The summed E-state index contributed by atoms with van der Waals surface area (Å²) in [5.41, 5.74) is 2.54. The maximum Gasteiger partial charge on any atom is 0.338 e. The third-order valence-corrected chi connectivity index (χ3v) is 4.73. The first kappa shape index (κ1) is 20.1. The summed E-state index contributed by atoms with van der Waals surface area (Å²) < 4.78 is 12.4. The maximum atomic E-state index is 12.6. The quantitative estimate of drug-likeness (QED) is 0.259. The smallest absolute Gasteiger partial charge is 0.338 e. The lowest BCUT2D eigenvalue weighted by Crippen LogP contribution is -2.15. The molecule has 0 saturated heterocycles. The van der Waals surface area contributed by atoms with E-state index < -0.39 is 17.5 Å². The van der Waals surface area contributed by atoms with Crippen molar-refractivity contribution in [2.45, 2.75) is 27.3 Å². The highest BCUT2D eigenvalue weighted by Crippen LogP contribution is 2.20. The fourth-order valence-electron chi connectivity index (χ4n) is 3.16. The molecule has 8 heteroatoms. The predicted octanol–water partition coefficient (Wildman–Crippen LogP) is 4.00. The number of esters is 1. The molecule has 2 heterocycles. The van der Waals surface area contributed by atoms with E-state index >= 15 is 0 Å². The average Bonchev–Trinajstić information content (AvgIpc) is 3.29. The van der Waals surface area contributed by atoms with E-state index in [2.05, 4.69) is 0 Å². The summed E-state index contributed by atoms with van der Waals surface area (Å²) in [7, 11) is 0. The van der Waals surface area contributed by atoms with Crippen LogP contribution in [-0.4, -0.2) is 27.8 Å². The second-order valence-corrected chi connectivity index (χ2v) is 6.71. The standard InChI is InChI=1S/C21H20N2O6/c1-13-9-16(6-7-19(13)23(26)27)21(25)29-12-20(24)18-10-14(2)22(15(18)3)11-17-5-4-8-28-17/h4-10H,11-12H2,1-3H3. The lowest BCUT2D eigenvalue weighted by Gasteiger charge is -2.08. The van der Waals surface area contributed by atoms with Crippen molar-refractivity contribution in [2.75, 3.05) is 6.61 Å². The third kappa shape index (κ3) is 4.26. The van der Waals surface area contributed by atoms with Crippen LogP contribution in [0.1, 0.15) is 43.4 Å². The van der Waals surface area contributed by atoms with Crippen molar-refractivity contribution in [3.63, 3.8) is 0 Å². The van der Waals surface area contributed by atoms with E-state index in [9.17, 15) is 19.7 Å². The number of aromatic nitrogens is 1. The van der Waals surface area contributed by atoms with Crippen LogP contribution in [-0.2, 0) is 11.3 Å². The summed E-state index contributed by atoms with van der Waals surface area (Å²) >= 11 is 0. The number of ketones is 1.